The number of rotatable bonds is 24. The van der Waals surface area contributed by atoms with E-state index in [9.17, 15) is 0 Å². The van der Waals surface area contributed by atoms with Crippen molar-refractivity contribution in [3.63, 3.8) is 0 Å². The smallest absolute Gasteiger partial charge is 0.135 e. The fourth-order valence-electron chi connectivity index (χ4n) is 18.1. The van der Waals surface area contributed by atoms with Crippen LogP contribution in [0.1, 0.15) is 90.2 Å². The second-order valence-electron chi connectivity index (χ2n) is 26.1. The molecule has 0 N–H and O–H groups in total. The van der Waals surface area contributed by atoms with Gasteiger partial charge in [-0.3, -0.25) is 15.0 Å². The van der Waals surface area contributed by atoms with Crippen LogP contribution in [0.5, 0.6) is 0 Å². The Kier molecular flexibility index (Phi) is 20.7. The predicted octanol–water partition coefficient (Wildman–Crippen LogP) is 5.91. The van der Waals surface area contributed by atoms with E-state index < -0.39 is 0 Å². The molecule has 9 nitrogen and oxygen atoms in total. The minimum Gasteiger partial charge on any atom is -1.00 e. The van der Waals surface area contributed by atoms with Gasteiger partial charge in [0.25, 0.3) is 0 Å². The SMILES string of the molecule is C=CCO[C@@H](c1ccnc2ccccc12)[C@H]1C[C@@H]2CC[N+]1(Cc1cc(C[N+]34CC[C@@H](C[C@@H]3[C@@H](OCC=C)c3ccnc5ccccc35)[C@@H](C=C)C4)cc(C[N+]34CC[C@@H](C[C@@H]3[C@@H](OCC=C)c3ccnc5ccccc35)[C@@H](C=C)C4)c1)C[C@@H]2C=C.[Br-].[Br-].[Br-]. The molecule has 87 heavy (non-hydrogen) atoms. The molecule has 9 aliphatic rings. The Balaban J connectivity index is 0.00000279. The van der Waals surface area contributed by atoms with Crippen LogP contribution in [0.3, 0.4) is 0 Å². The van der Waals surface area contributed by atoms with E-state index in [0.29, 0.717) is 55.3 Å². The first kappa shape index (κ1) is 64.7. The van der Waals surface area contributed by atoms with Crippen molar-refractivity contribution < 1.29 is 78.6 Å². The quantitative estimate of drug-likeness (QED) is 0.0555. The third kappa shape index (κ3) is 12.3. The molecule has 0 radical (unpaired) electrons. The Hall–Kier alpha value is -5.25. The number of piperidine rings is 9. The maximum Gasteiger partial charge on any atom is 0.135 e. The van der Waals surface area contributed by atoms with Gasteiger partial charge in [0.05, 0.1) is 75.6 Å². The molecule has 3 aromatic heterocycles. The number of nitrogens with zero attached hydrogens (tertiary/aromatic N) is 6. The molecule has 9 fully saturated rings. The molecule has 16 rings (SSSR count). The van der Waals surface area contributed by atoms with E-state index in [1.807, 2.05) is 36.8 Å². The molecule has 0 spiro atoms. The molecule has 0 saturated carbocycles. The Bertz CT molecular complexity index is 3220. The number of hydrogen-bond acceptors (Lipinski definition) is 6. The predicted molar refractivity (Wildman–Crippen MR) is 340 cm³/mol. The lowest BCUT2D eigenvalue weighted by Gasteiger charge is -2.59. The van der Waals surface area contributed by atoms with Gasteiger partial charge >= 0.3 is 0 Å². The minimum absolute atomic E-state index is 0. The monoisotopic (exact) mass is 1360 g/mol. The maximum atomic E-state index is 7.16. The number of halogens is 3. The molecule has 0 aliphatic carbocycles. The van der Waals surface area contributed by atoms with Gasteiger partial charge in [-0.1, -0.05) is 91.1 Å². The highest BCUT2D eigenvalue weighted by Crippen LogP contribution is 2.53. The molecular formula is C75H87Br3N6O3. The molecule has 9 aliphatic heterocycles. The van der Waals surface area contributed by atoms with Crippen LogP contribution >= 0.6 is 0 Å². The molecule has 12 heterocycles. The van der Waals surface area contributed by atoms with Gasteiger partial charge < -0.3 is 78.6 Å². The summed E-state index contributed by atoms with van der Waals surface area (Å²) >= 11 is 0. The molecule has 6 bridgehead atoms. The van der Waals surface area contributed by atoms with Crippen molar-refractivity contribution in [2.45, 2.75) is 94.6 Å². The van der Waals surface area contributed by atoms with Gasteiger partial charge in [-0.2, -0.15) is 0 Å². The van der Waals surface area contributed by atoms with Gasteiger partial charge in [-0.25, -0.2) is 0 Å². The second-order valence-corrected chi connectivity index (χ2v) is 26.1. The van der Waals surface area contributed by atoms with Crippen molar-refractivity contribution in [2.75, 3.05) is 59.1 Å². The highest BCUT2D eigenvalue weighted by atomic mass is 79.9. The number of ether oxygens (including phenoxy) is 3. The minimum atomic E-state index is -0.144. The normalized spacial score (nSPS) is 29.6. The van der Waals surface area contributed by atoms with Crippen molar-refractivity contribution in [3.8, 4) is 0 Å². The van der Waals surface area contributed by atoms with Gasteiger partial charge in [-0.15, -0.1) is 39.5 Å². The van der Waals surface area contributed by atoms with Gasteiger partial charge in [0, 0.05) is 108 Å². The zero-order valence-corrected chi connectivity index (χ0v) is 55.3. The average molecular weight is 1360 g/mol. The zero-order chi connectivity index (χ0) is 57.4. The molecule has 0 amide bonds. The summed E-state index contributed by atoms with van der Waals surface area (Å²) in [6, 6.07) is 41.1. The maximum absolute atomic E-state index is 7.16. The number of benzene rings is 4. The van der Waals surface area contributed by atoms with Crippen molar-refractivity contribution in [2.24, 2.45) is 35.5 Å². The highest BCUT2D eigenvalue weighted by molar-refractivity contribution is 5.84. The lowest BCUT2D eigenvalue weighted by molar-refractivity contribution is -0.986. The molecule has 9 saturated heterocycles. The Morgan fingerprint density at radius 1 is 0.414 bits per heavy atom. The molecule has 3 unspecified atom stereocenters. The Morgan fingerprint density at radius 3 is 0.977 bits per heavy atom. The molecule has 15 atom stereocenters. The summed E-state index contributed by atoms with van der Waals surface area (Å²) in [6.45, 7) is 36.7. The summed E-state index contributed by atoms with van der Waals surface area (Å²) in [6.07, 6.45) is 24.9. The molecule has 4 aromatic carbocycles. The zero-order valence-electron chi connectivity index (χ0n) is 50.5. The van der Waals surface area contributed by atoms with E-state index in [2.05, 4.69) is 167 Å². The standard InChI is InChI=1S/C75H87N6O3.3BrH/c1-7-37-82-73(64-25-31-76-67-22-16-13-19-61(64)67)70-43-58-28-34-79(70,49-55(58)10-4)46-52-40-53(47-80-35-29-59(56(11-5)50-80)44-71(80)74(83-38-8-2)65-26-32-77-68-23-17-14-20-62(65)68)42-54(41-52)48-81-36-30-60(57(12-6)51-81)45-72(81)75(84-39-9-3)66-27-33-78-69-24-18-15-21-63(66)69;;;/h7-27,31-33,40-42,55-60,70-75H,1-6,28-30,34-39,43-51H2;3*1H/q+3;;;/p-3/t55-,56-,57-,58-,59-,60-,70+,71+,72+,73-,74-,75-,79?,80?,81?;;;/m0.../s1. The van der Waals surface area contributed by atoms with Crippen LogP contribution in [0.15, 0.2) is 204 Å². The first-order valence-corrected chi connectivity index (χ1v) is 31.5. The fourth-order valence-corrected chi connectivity index (χ4v) is 18.1. The van der Waals surface area contributed by atoms with E-state index in [4.69, 9.17) is 29.2 Å². The number of quaternary nitrogens is 3. The number of aromatic nitrogens is 3. The Morgan fingerprint density at radius 2 is 0.701 bits per heavy atom. The molecule has 12 heteroatoms. The number of para-hydroxylation sites is 3. The second kappa shape index (κ2) is 27.9. The summed E-state index contributed by atoms with van der Waals surface area (Å²) in [5.74, 6) is 2.94. The summed E-state index contributed by atoms with van der Waals surface area (Å²) in [7, 11) is 0. The lowest BCUT2D eigenvalue weighted by atomic mass is 9.70. The number of hydrogen-bond donors (Lipinski definition) is 0. The topological polar surface area (TPSA) is 66.4 Å². The summed E-state index contributed by atoms with van der Waals surface area (Å²) < 4.78 is 24.3. The van der Waals surface area contributed by atoms with Gasteiger partial charge in [0.15, 0.2) is 0 Å². The number of pyridine rings is 3. The van der Waals surface area contributed by atoms with Crippen molar-refractivity contribution in [1.82, 2.24) is 15.0 Å². The van der Waals surface area contributed by atoms with Gasteiger partial charge in [0.2, 0.25) is 0 Å². The van der Waals surface area contributed by atoms with E-state index in [1.165, 1.54) is 68.8 Å². The highest BCUT2D eigenvalue weighted by Gasteiger charge is 2.58. The van der Waals surface area contributed by atoms with Gasteiger partial charge in [0.1, 0.15) is 56.1 Å². The van der Waals surface area contributed by atoms with E-state index in [-0.39, 0.29) is 87.4 Å². The first-order chi connectivity index (χ1) is 41.2. The molecule has 7 aromatic rings. The summed E-state index contributed by atoms with van der Waals surface area (Å²) in [5.41, 5.74) is 11.0. The largest absolute Gasteiger partial charge is 1.00 e. The van der Waals surface area contributed by atoms with Crippen LogP contribution in [0, 0.1) is 35.5 Å². The van der Waals surface area contributed by atoms with Crippen molar-refractivity contribution in [1.29, 1.82) is 0 Å². The third-order valence-electron chi connectivity index (χ3n) is 21.8. The fraction of sp³-hybridized carbons (Fsp3) is 0.400. The summed E-state index contributed by atoms with van der Waals surface area (Å²) in [4.78, 5) is 14.6. The first-order valence-electron chi connectivity index (χ1n) is 31.5. The number of fused-ring (bicyclic) bond motifs is 12. The van der Waals surface area contributed by atoms with Crippen LogP contribution in [0.2, 0.25) is 0 Å². The average Bonchev–Trinajstić information content (AvgIpc) is 1.13. The van der Waals surface area contributed by atoms with E-state index >= 15 is 0 Å². The van der Waals surface area contributed by atoms with Crippen molar-refractivity contribution in [3.05, 3.63) is 237 Å². The van der Waals surface area contributed by atoms with E-state index in [0.717, 1.165) is 108 Å². The van der Waals surface area contributed by atoms with Crippen LogP contribution in [0.25, 0.3) is 32.7 Å². The van der Waals surface area contributed by atoms with Crippen LogP contribution in [0.4, 0.5) is 0 Å². The van der Waals surface area contributed by atoms with Crippen LogP contribution in [-0.4, -0.2) is 106 Å². The third-order valence-corrected chi connectivity index (χ3v) is 21.8. The van der Waals surface area contributed by atoms with Gasteiger partial charge in [-0.05, 0) is 89.0 Å². The lowest BCUT2D eigenvalue weighted by Crippen LogP contribution is -3.00. The van der Waals surface area contributed by atoms with E-state index in [1.54, 1.807) is 0 Å². The molecule has 456 valence electrons. The van der Waals surface area contributed by atoms with Crippen LogP contribution in [-0.2, 0) is 33.8 Å². The summed E-state index contributed by atoms with van der Waals surface area (Å²) in [5, 5.41) is 3.51. The molecular weight excluding hydrogens is 1270 g/mol. The Labute approximate surface area is 548 Å². The van der Waals surface area contributed by atoms with Crippen molar-refractivity contribution >= 4 is 32.7 Å². The van der Waals surface area contributed by atoms with Crippen LogP contribution < -0.4 is 50.9 Å².